The first-order valence-corrected chi connectivity index (χ1v) is 5.29. The van der Waals surface area contributed by atoms with Gasteiger partial charge in [-0.3, -0.25) is 0 Å². The second-order valence-electron chi connectivity index (χ2n) is 4.49. The Hall–Kier alpha value is -0.740. The lowest BCUT2D eigenvalue weighted by Crippen LogP contribution is -2.28. The third-order valence-electron chi connectivity index (χ3n) is 3.28. The maximum Gasteiger partial charge on any atom is 0.398 e. The quantitative estimate of drug-likeness (QED) is 0.866. The van der Waals surface area contributed by atoms with Crippen molar-refractivity contribution in [3.63, 3.8) is 0 Å². The fourth-order valence-corrected chi connectivity index (χ4v) is 1.97. The predicted octanol–water partition coefficient (Wildman–Crippen LogP) is 3.72. The Kier molecular flexibility index (Phi) is 3.79. The summed E-state index contributed by atoms with van der Waals surface area (Å²) in [7, 11) is 0. The molecule has 0 spiro atoms. The molecule has 0 aliphatic heterocycles. The van der Waals surface area contributed by atoms with Crippen molar-refractivity contribution < 1.29 is 13.2 Å². The standard InChI is InChI=1S/C12H14F3N.ClH/c1-8(16)9-2-4-10(5-3-9)11(6-7-11)12(13,14)15;/h2-5,8H,6-7,16H2,1H3;1H. The van der Waals surface area contributed by atoms with Gasteiger partial charge in [0.15, 0.2) is 0 Å². The number of halogens is 4. The lowest BCUT2D eigenvalue weighted by Gasteiger charge is -2.20. The second-order valence-corrected chi connectivity index (χ2v) is 4.49. The van der Waals surface area contributed by atoms with E-state index in [1.165, 1.54) is 0 Å². The van der Waals surface area contributed by atoms with Crippen LogP contribution in [-0.2, 0) is 5.41 Å². The molecule has 1 atom stereocenters. The zero-order valence-electron chi connectivity index (χ0n) is 9.42. The van der Waals surface area contributed by atoms with Crippen molar-refractivity contribution in [2.24, 2.45) is 5.73 Å². The largest absolute Gasteiger partial charge is 0.398 e. The van der Waals surface area contributed by atoms with Gasteiger partial charge in [-0.15, -0.1) is 12.4 Å². The number of nitrogens with two attached hydrogens (primary N) is 1. The zero-order chi connectivity index (χ0) is 12.0. The van der Waals surface area contributed by atoms with Crippen LogP contribution in [-0.4, -0.2) is 6.18 Å². The van der Waals surface area contributed by atoms with Crippen molar-refractivity contribution in [1.82, 2.24) is 0 Å². The van der Waals surface area contributed by atoms with E-state index >= 15 is 0 Å². The monoisotopic (exact) mass is 265 g/mol. The van der Waals surface area contributed by atoms with Crippen LogP contribution in [0.5, 0.6) is 0 Å². The predicted molar refractivity (Wildman–Crippen MR) is 63.3 cm³/mol. The van der Waals surface area contributed by atoms with Crippen LogP contribution in [0.25, 0.3) is 0 Å². The van der Waals surface area contributed by atoms with Gasteiger partial charge in [0.1, 0.15) is 0 Å². The lowest BCUT2D eigenvalue weighted by atomic mass is 9.93. The summed E-state index contributed by atoms with van der Waals surface area (Å²) in [4.78, 5) is 0. The van der Waals surface area contributed by atoms with Gasteiger partial charge in [-0.25, -0.2) is 0 Å². The minimum atomic E-state index is -4.14. The number of alkyl halides is 3. The summed E-state index contributed by atoms with van der Waals surface area (Å²) < 4.78 is 38.4. The molecule has 1 fully saturated rings. The van der Waals surface area contributed by atoms with E-state index in [1.807, 2.05) is 6.92 Å². The van der Waals surface area contributed by atoms with Crippen LogP contribution in [0.15, 0.2) is 24.3 Å². The molecule has 1 aliphatic carbocycles. The fourth-order valence-electron chi connectivity index (χ4n) is 1.97. The molecule has 0 amide bonds. The van der Waals surface area contributed by atoms with Crippen LogP contribution in [0, 0.1) is 0 Å². The Morgan fingerprint density at radius 2 is 1.65 bits per heavy atom. The van der Waals surface area contributed by atoms with Crippen LogP contribution in [0.3, 0.4) is 0 Å². The number of hydrogen-bond acceptors (Lipinski definition) is 1. The first-order chi connectivity index (χ1) is 7.37. The average molecular weight is 266 g/mol. The molecule has 1 aromatic carbocycles. The Balaban J connectivity index is 0.00000144. The molecule has 0 bridgehead atoms. The second kappa shape index (κ2) is 4.50. The molecule has 1 unspecified atom stereocenters. The van der Waals surface area contributed by atoms with Crippen molar-refractivity contribution in [2.75, 3.05) is 0 Å². The van der Waals surface area contributed by atoms with E-state index in [9.17, 15) is 13.2 Å². The van der Waals surface area contributed by atoms with Crippen LogP contribution in [0.2, 0.25) is 0 Å². The smallest absolute Gasteiger partial charge is 0.324 e. The number of hydrogen-bond donors (Lipinski definition) is 1. The van der Waals surface area contributed by atoms with Crippen LogP contribution in [0.1, 0.15) is 36.9 Å². The number of benzene rings is 1. The Morgan fingerprint density at radius 1 is 1.18 bits per heavy atom. The summed E-state index contributed by atoms with van der Waals surface area (Å²) >= 11 is 0. The highest BCUT2D eigenvalue weighted by atomic mass is 35.5. The summed E-state index contributed by atoms with van der Waals surface area (Å²) in [5.41, 5.74) is 5.30. The first kappa shape index (κ1) is 14.3. The van der Waals surface area contributed by atoms with E-state index in [2.05, 4.69) is 0 Å². The molecular formula is C12H15ClF3N. The van der Waals surface area contributed by atoms with E-state index < -0.39 is 11.6 Å². The van der Waals surface area contributed by atoms with Crippen LogP contribution in [0.4, 0.5) is 13.2 Å². The van der Waals surface area contributed by atoms with Crippen LogP contribution >= 0.6 is 12.4 Å². The third-order valence-corrected chi connectivity index (χ3v) is 3.28. The highest BCUT2D eigenvalue weighted by Crippen LogP contribution is 2.58. The molecule has 5 heteroatoms. The summed E-state index contributed by atoms with van der Waals surface area (Å²) in [6.45, 7) is 1.81. The molecule has 0 saturated heterocycles. The molecule has 0 aromatic heterocycles. The molecular weight excluding hydrogens is 251 g/mol. The summed E-state index contributed by atoms with van der Waals surface area (Å²) in [5, 5.41) is 0. The van der Waals surface area contributed by atoms with E-state index in [1.54, 1.807) is 24.3 Å². The van der Waals surface area contributed by atoms with Gasteiger partial charge < -0.3 is 5.73 Å². The van der Waals surface area contributed by atoms with Gasteiger partial charge in [0.05, 0.1) is 5.41 Å². The minimum absolute atomic E-state index is 0. The van der Waals surface area contributed by atoms with Gasteiger partial charge in [0.25, 0.3) is 0 Å². The third kappa shape index (κ3) is 2.43. The summed E-state index contributed by atoms with van der Waals surface area (Å²) in [5.74, 6) is 0. The molecule has 2 N–H and O–H groups in total. The molecule has 1 aromatic rings. The topological polar surface area (TPSA) is 26.0 Å². The van der Waals surface area contributed by atoms with Crippen LogP contribution < -0.4 is 5.73 Å². The van der Waals surface area contributed by atoms with Crippen molar-refractivity contribution >= 4 is 12.4 Å². The first-order valence-electron chi connectivity index (χ1n) is 5.29. The van der Waals surface area contributed by atoms with E-state index in [-0.39, 0.29) is 31.3 Å². The lowest BCUT2D eigenvalue weighted by molar-refractivity contribution is -0.160. The molecule has 2 rings (SSSR count). The fraction of sp³-hybridized carbons (Fsp3) is 0.500. The zero-order valence-corrected chi connectivity index (χ0v) is 10.2. The summed E-state index contributed by atoms with van der Waals surface area (Å²) in [6, 6.07) is 6.34. The maximum atomic E-state index is 12.8. The van der Waals surface area contributed by atoms with Gasteiger partial charge in [-0.2, -0.15) is 13.2 Å². The molecule has 17 heavy (non-hydrogen) atoms. The van der Waals surface area contributed by atoms with Gasteiger partial charge in [0.2, 0.25) is 0 Å². The molecule has 96 valence electrons. The van der Waals surface area contributed by atoms with Crippen molar-refractivity contribution in [2.45, 2.75) is 37.4 Å². The van der Waals surface area contributed by atoms with Gasteiger partial charge in [-0.05, 0) is 30.9 Å². The molecule has 1 nitrogen and oxygen atoms in total. The van der Waals surface area contributed by atoms with Gasteiger partial charge in [-0.1, -0.05) is 24.3 Å². The van der Waals surface area contributed by atoms with Gasteiger partial charge in [0, 0.05) is 6.04 Å². The number of rotatable bonds is 2. The van der Waals surface area contributed by atoms with E-state index in [0.717, 1.165) is 5.56 Å². The molecule has 1 saturated carbocycles. The molecule has 0 heterocycles. The summed E-state index contributed by atoms with van der Waals surface area (Å²) in [6.07, 6.45) is -3.73. The molecule has 0 radical (unpaired) electrons. The minimum Gasteiger partial charge on any atom is -0.324 e. The van der Waals surface area contributed by atoms with Crippen molar-refractivity contribution in [3.05, 3.63) is 35.4 Å². The maximum absolute atomic E-state index is 12.8. The van der Waals surface area contributed by atoms with Crippen molar-refractivity contribution in [3.8, 4) is 0 Å². The normalized spacial score (nSPS) is 19.4. The highest BCUT2D eigenvalue weighted by Gasteiger charge is 2.64. The Morgan fingerprint density at radius 3 is 1.94 bits per heavy atom. The van der Waals surface area contributed by atoms with E-state index in [4.69, 9.17) is 5.73 Å². The Bertz CT molecular complexity index is 380. The Labute approximate surface area is 105 Å². The van der Waals surface area contributed by atoms with E-state index in [0.29, 0.717) is 5.56 Å². The average Bonchev–Trinajstić information content (AvgIpc) is 2.97. The molecule has 1 aliphatic rings. The SMILES string of the molecule is CC(N)c1ccc(C2(C(F)(F)F)CC2)cc1.Cl. The highest BCUT2D eigenvalue weighted by molar-refractivity contribution is 5.85. The van der Waals surface area contributed by atoms with Crippen molar-refractivity contribution in [1.29, 1.82) is 0 Å². The van der Waals surface area contributed by atoms with Gasteiger partial charge >= 0.3 is 6.18 Å².